The predicted octanol–water partition coefficient (Wildman–Crippen LogP) is 0.281. The van der Waals surface area contributed by atoms with Crippen molar-refractivity contribution in [2.75, 3.05) is 19.6 Å². The molecule has 0 bridgehead atoms. The normalized spacial score (nSPS) is 17.0. The highest BCUT2D eigenvalue weighted by Crippen LogP contribution is 2.14. The third-order valence-corrected chi connectivity index (χ3v) is 3.51. The van der Waals surface area contributed by atoms with Crippen LogP contribution in [-0.2, 0) is 11.3 Å². The average Bonchev–Trinajstić information content (AvgIpc) is 2.85. The fourth-order valence-corrected chi connectivity index (χ4v) is 2.36. The van der Waals surface area contributed by atoms with E-state index in [2.05, 4.69) is 20.7 Å². The smallest absolute Gasteiger partial charge is 0.318 e. The van der Waals surface area contributed by atoms with Gasteiger partial charge in [0.05, 0.1) is 6.04 Å². The van der Waals surface area contributed by atoms with Crippen LogP contribution >= 0.6 is 0 Å². The Bertz CT molecular complexity index is 501. The van der Waals surface area contributed by atoms with Gasteiger partial charge in [-0.15, -0.1) is 0 Å². The van der Waals surface area contributed by atoms with Gasteiger partial charge in [0.1, 0.15) is 18.7 Å². The lowest BCUT2D eigenvalue weighted by Gasteiger charge is -2.23. The molecule has 0 radical (unpaired) electrons. The van der Waals surface area contributed by atoms with Crippen molar-refractivity contribution in [3.63, 3.8) is 0 Å². The van der Waals surface area contributed by atoms with Crippen LogP contribution in [0.1, 0.15) is 38.6 Å². The van der Waals surface area contributed by atoms with Crippen molar-refractivity contribution in [1.82, 2.24) is 30.3 Å². The van der Waals surface area contributed by atoms with Gasteiger partial charge in [-0.3, -0.25) is 4.79 Å². The number of aromatic nitrogens is 3. The zero-order chi connectivity index (χ0) is 15.2. The van der Waals surface area contributed by atoms with Crippen LogP contribution < -0.4 is 10.6 Å². The highest BCUT2D eigenvalue weighted by molar-refractivity contribution is 5.84. The fourth-order valence-electron chi connectivity index (χ4n) is 2.36. The van der Waals surface area contributed by atoms with E-state index >= 15 is 0 Å². The molecule has 1 aromatic rings. The van der Waals surface area contributed by atoms with Crippen LogP contribution in [0.4, 0.5) is 4.79 Å². The van der Waals surface area contributed by atoms with Crippen LogP contribution in [0.5, 0.6) is 0 Å². The van der Waals surface area contributed by atoms with Crippen molar-refractivity contribution in [3.8, 4) is 0 Å². The minimum absolute atomic E-state index is 0.0999. The number of carbonyl (C=O) groups is 2. The third kappa shape index (κ3) is 3.71. The zero-order valence-corrected chi connectivity index (χ0v) is 12.5. The van der Waals surface area contributed by atoms with Gasteiger partial charge >= 0.3 is 6.03 Å². The molecule has 3 amide bonds. The first-order valence-corrected chi connectivity index (χ1v) is 7.35. The first kappa shape index (κ1) is 15.3. The summed E-state index contributed by atoms with van der Waals surface area (Å²) in [5.74, 6) is 0.625. The Hall–Kier alpha value is -2.12. The van der Waals surface area contributed by atoms with Crippen LogP contribution in [-0.4, -0.2) is 51.2 Å². The lowest BCUT2D eigenvalue weighted by atomic mass is 10.2. The number of amides is 3. The number of carbonyl (C=O) groups excluding carboxylic acids is 2. The molecule has 1 saturated heterocycles. The van der Waals surface area contributed by atoms with E-state index in [0.717, 1.165) is 12.2 Å². The first-order chi connectivity index (χ1) is 10.2. The molecule has 2 N–H and O–H groups in total. The topological polar surface area (TPSA) is 92.2 Å². The van der Waals surface area contributed by atoms with Gasteiger partial charge < -0.3 is 15.5 Å². The maximum atomic E-state index is 12.3. The summed E-state index contributed by atoms with van der Waals surface area (Å²) in [7, 11) is 0. The highest BCUT2D eigenvalue weighted by atomic mass is 16.2. The standard InChI is InChI=1S/C13H22N6O2/c1-3-10(12-15-9-16-19(12)4-2)17-13(21)18-7-5-6-14-11(20)8-18/h9-10H,3-8H2,1-2H3,(H,14,20)(H,17,21). The molecular weight excluding hydrogens is 272 g/mol. The Morgan fingerprint density at radius 3 is 3.05 bits per heavy atom. The Morgan fingerprint density at radius 1 is 1.52 bits per heavy atom. The second kappa shape index (κ2) is 7.05. The third-order valence-electron chi connectivity index (χ3n) is 3.51. The van der Waals surface area contributed by atoms with E-state index in [4.69, 9.17) is 0 Å². The quantitative estimate of drug-likeness (QED) is 0.834. The number of hydrogen-bond donors (Lipinski definition) is 2. The van der Waals surface area contributed by atoms with Gasteiger partial charge in [0, 0.05) is 19.6 Å². The minimum atomic E-state index is -0.232. The van der Waals surface area contributed by atoms with Crippen molar-refractivity contribution in [2.45, 2.75) is 39.3 Å². The van der Waals surface area contributed by atoms with Crippen LogP contribution in [0.3, 0.4) is 0 Å². The van der Waals surface area contributed by atoms with Gasteiger partial charge in [0.2, 0.25) is 5.91 Å². The number of urea groups is 1. The molecule has 0 aliphatic carbocycles. The van der Waals surface area contributed by atoms with Gasteiger partial charge in [-0.1, -0.05) is 6.92 Å². The maximum Gasteiger partial charge on any atom is 0.318 e. The van der Waals surface area contributed by atoms with Gasteiger partial charge in [0.25, 0.3) is 0 Å². The fraction of sp³-hybridized carbons (Fsp3) is 0.692. The molecule has 0 aromatic carbocycles. The summed E-state index contributed by atoms with van der Waals surface area (Å²) in [6.45, 7) is 5.95. The Labute approximate surface area is 123 Å². The van der Waals surface area contributed by atoms with Crippen LogP contribution in [0.25, 0.3) is 0 Å². The lowest BCUT2D eigenvalue weighted by Crippen LogP contribution is -2.45. The Balaban J connectivity index is 2.04. The van der Waals surface area contributed by atoms with E-state index in [1.165, 1.54) is 11.2 Å². The Morgan fingerprint density at radius 2 is 2.33 bits per heavy atom. The minimum Gasteiger partial charge on any atom is -0.354 e. The molecule has 116 valence electrons. The largest absolute Gasteiger partial charge is 0.354 e. The molecule has 1 atom stereocenters. The zero-order valence-electron chi connectivity index (χ0n) is 12.5. The van der Waals surface area contributed by atoms with Crippen molar-refractivity contribution in [3.05, 3.63) is 12.2 Å². The lowest BCUT2D eigenvalue weighted by molar-refractivity contribution is -0.121. The van der Waals surface area contributed by atoms with Gasteiger partial charge in [-0.25, -0.2) is 14.5 Å². The molecule has 1 aliphatic heterocycles. The predicted molar refractivity (Wildman–Crippen MR) is 76.5 cm³/mol. The molecule has 8 nitrogen and oxygen atoms in total. The van der Waals surface area contributed by atoms with Crippen molar-refractivity contribution >= 4 is 11.9 Å². The summed E-state index contributed by atoms with van der Waals surface area (Å²) in [5.41, 5.74) is 0. The van der Waals surface area contributed by atoms with Crippen LogP contribution in [0.2, 0.25) is 0 Å². The molecule has 2 rings (SSSR count). The number of aryl methyl sites for hydroxylation is 1. The van der Waals surface area contributed by atoms with Crippen molar-refractivity contribution in [1.29, 1.82) is 0 Å². The summed E-state index contributed by atoms with van der Waals surface area (Å²) in [6.07, 6.45) is 2.97. The second-order valence-electron chi connectivity index (χ2n) is 4.97. The van der Waals surface area contributed by atoms with Gasteiger partial charge in [0.15, 0.2) is 0 Å². The summed E-state index contributed by atoms with van der Waals surface area (Å²) >= 11 is 0. The van der Waals surface area contributed by atoms with E-state index in [0.29, 0.717) is 26.1 Å². The Kier molecular flexibility index (Phi) is 5.13. The number of hydrogen-bond acceptors (Lipinski definition) is 4. The molecule has 2 heterocycles. The summed E-state index contributed by atoms with van der Waals surface area (Å²) in [6, 6.07) is -0.434. The molecule has 1 fully saturated rings. The average molecular weight is 294 g/mol. The summed E-state index contributed by atoms with van der Waals surface area (Å²) in [5, 5.41) is 9.83. The van der Waals surface area contributed by atoms with E-state index < -0.39 is 0 Å². The van der Waals surface area contributed by atoms with E-state index in [1.807, 2.05) is 13.8 Å². The number of nitrogens with zero attached hydrogens (tertiary/aromatic N) is 4. The van der Waals surface area contributed by atoms with Gasteiger partial charge in [-0.05, 0) is 19.8 Å². The molecule has 0 saturated carbocycles. The van der Waals surface area contributed by atoms with Crippen molar-refractivity contribution in [2.24, 2.45) is 0 Å². The molecule has 1 unspecified atom stereocenters. The van der Waals surface area contributed by atoms with Gasteiger partial charge in [-0.2, -0.15) is 5.10 Å². The van der Waals surface area contributed by atoms with E-state index in [-0.39, 0.29) is 24.5 Å². The van der Waals surface area contributed by atoms with E-state index in [9.17, 15) is 9.59 Å². The maximum absolute atomic E-state index is 12.3. The number of rotatable bonds is 4. The SMILES string of the molecule is CCC(NC(=O)N1CCCNC(=O)C1)c1ncnn1CC. The van der Waals surface area contributed by atoms with Crippen LogP contribution in [0, 0.1) is 0 Å². The second-order valence-corrected chi connectivity index (χ2v) is 4.97. The molecule has 8 heteroatoms. The molecule has 21 heavy (non-hydrogen) atoms. The first-order valence-electron chi connectivity index (χ1n) is 7.35. The summed E-state index contributed by atoms with van der Waals surface area (Å²) < 4.78 is 1.77. The molecule has 0 spiro atoms. The van der Waals surface area contributed by atoms with E-state index in [1.54, 1.807) is 4.68 Å². The van der Waals surface area contributed by atoms with Crippen molar-refractivity contribution < 1.29 is 9.59 Å². The molecule has 1 aliphatic rings. The number of nitrogens with one attached hydrogen (secondary N) is 2. The molecular formula is C13H22N6O2. The highest BCUT2D eigenvalue weighted by Gasteiger charge is 2.24. The van der Waals surface area contributed by atoms with Crippen LogP contribution in [0.15, 0.2) is 6.33 Å². The summed E-state index contributed by atoms with van der Waals surface area (Å²) in [4.78, 5) is 29.6. The molecule has 1 aromatic heterocycles. The monoisotopic (exact) mass is 294 g/mol.